The topological polar surface area (TPSA) is 70.4 Å². The molecule has 0 atom stereocenters. The van der Waals surface area contributed by atoms with E-state index in [-0.39, 0.29) is 5.75 Å². The molecule has 0 fully saturated rings. The van der Waals surface area contributed by atoms with Crippen LogP contribution in [-0.2, 0) is 6.54 Å². The van der Waals surface area contributed by atoms with Crippen molar-refractivity contribution in [2.24, 2.45) is 4.99 Å². The lowest BCUT2D eigenvalue weighted by atomic mass is 9.96. The van der Waals surface area contributed by atoms with E-state index < -0.39 is 0 Å². The van der Waals surface area contributed by atoms with Gasteiger partial charge in [0.25, 0.3) is 0 Å². The van der Waals surface area contributed by atoms with Crippen LogP contribution in [0, 0.1) is 0 Å². The largest absolute Gasteiger partial charge is 0.508 e. The van der Waals surface area contributed by atoms with Crippen molar-refractivity contribution in [2.75, 3.05) is 0 Å². The van der Waals surface area contributed by atoms with E-state index in [0.29, 0.717) is 6.54 Å². The van der Waals surface area contributed by atoms with Gasteiger partial charge in [-0.2, -0.15) is 0 Å². The molecule has 0 aliphatic rings. The Bertz CT molecular complexity index is 1250. The van der Waals surface area contributed by atoms with Gasteiger partial charge < -0.3 is 10.4 Å². The third-order valence-corrected chi connectivity index (χ3v) is 5.18. The van der Waals surface area contributed by atoms with Gasteiger partial charge in [-0.25, -0.2) is 9.97 Å². The molecule has 0 saturated heterocycles. The molecule has 0 radical (unpaired) electrons. The standard InChI is InChI=1S/C27H24N4O/c1-19(23-15-28-18-29-16-23)31-25-13-8-12-24(21-9-4-3-5-10-21)27(25)20(2)30-17-22-11-6-7-14-26(22)32/h3-16,18,30,32H,2,17H2,1H3. The zero-order valence-corrected chi connectivity index (χ0v) is 17.9. The van der Waals surface area contributed by atoms with E-state index in [0.717, 1.165) is 44.9 Å². The average Bonchev–Trinajstić information content (AvgIpc) is 2.84. The van der Waals surface area contributed by atoms with Crippen LogP contribution in [0.25, 0.3) is 16.8 Å². The molecule has 5 heteroatoms. The quantitative estimate of drug-likeness (QED) is 0.374. The van der Waals surface area contributed by atoms with E-state index in [1.807, 2.05) is 49.4 Å². The van der Waals surface area contributed by atoms with Crippen LogP contribution in [0.4, 0.5) is 5.69 Å². The van der Waals surface area contributed by atoms with Gasteiger partial charge in [0.15, 0.2) is 0 Å². The van der Waals surface area contributed by atoms with E-state index in [4.69, 9.17) is 4.99 Å². The molecule has 4 rings (SSSR count). The monoisotopic (exact) mass is 420 g/mol. The maximum Gasteiger partial charge on any atom is 0.120 e. The zero-order valence-electron chi connectivity index (χ0n) is 17.9. The average molecular weight is 421 g/mol. The molecule has 5 nitrogen and oxygen atoms in total. The molecule has 3 aromatic carbocycles. The second-order valence-corrected chi connectivity index (χ2v) is 7.35. The number of aliphatic imine (C=N–C) groups is 1. The second-order valence-electron chi connectivity index (χ2n) is 7.35. The Kier molecular flexibility index (Phi) is 6.37. The van der Waals surface area contributed by atoms with Gasteiger partial charge in [0.2, 0.25) is 0 Å². The molecule has 0 aliphatic carbocycles. The van der Waals surface area contributed by atoms with Crippen LogP contribution in [0.2, 0.25) is 0 Å². The van der Waals surface area contributed by atoms with Crippen LogP contribution in [0.5, 0.6) is 5.75 Å². The number of phenolic OH excluding ortho intramolecular Hbond substituents is 1. The highest BCUT2D eigenvalue weighted by atomic mass is 16.3. The molecule has 1 aromatic heterocycles. The molecule has 0 saturated carbocycles. The van der Waals surface area contributed by atoms with E-state index in [2.05, 4.69) is 40.1 Å². The number of nitrogens with zero attached hydrogens (tertiary/aromatic N) is 3. The Morgan fingerprint density at radius 2 is 1.66 bits per heavy atom. The van der Waals surface area contributed by atoms with E-state index in [1.165, 1.54) is 6.33 Å². The summed E-state index contributed by atoms with van der Waals surface area (Å²) in [7, 11) is 0. The van der Waals surface area contributed by atoms with Crippen molar-refractivity contribution < 1.29 is 5.11 Å². The summed E-state index contributed by atoms with van der Waals surface area (Å²) in [6, 6.07) is 23.5. The number of nitrogens with one attached hydrogen (secondary N) is 1. The first-order valence-electron chi connectivity index (χ1n) is 10.3. The molecule has 1 heterocycles. The Labute approximate surface area is 187 Å². The van der Waals surface area contributed by atoms with Gasteiger partial charge in [-0.1, -0.05) is 67.2 Å². The minimum absolute atomic E-state index is 0.252. The number of hydrogen-bond donors (Lipinski definition) is 2. The fraction of sp³-hybridized carbons (Fsp3) is 0.0741. The van der Waals surface area contributed by atoms with Gasteiger partial charge in [-0.15, -0.1) is 0 Å². The van der Waals surface area contributed by atoms with Crippen molar-refractivity contribution in [2.45, 2.75) is 13.5 Å². The van der Waals surface area contributed by atoms with Crippen LogP contribution in [0.15, 0.2) is 103 Å². The SMILES string of the molecule is C=C(NCc1ccccc1O)c1c(N=C(C)c2cncnc2)cccc1-c1ccccc1. The molecule has 0 spiro atoms. The van der Waals surface area contributed by atoms with E-state index in [1.54, 1.807) is 24.5 Å². The van der Waals surface area contributed by atoms with Crippen LogP contribution in [0.3, 0.4) is 0 Å². The summed E-state index contributed by atoms with van der Waals surface area (Å²) in [6.45, 7) is 6.70. The first-order valence-corrected chi connectivity index (χ1v) is 10.3. The van der Waals surface area contributed by atoms with Gasteiger partial charge in [0.1, 0.15) is 12.1 Å². The van der Waals surface area contributed by atoms with Gasteiger partial charge >= 0.3 is 0 Å². The Hall–Kier alpha value is -4.25. The van der Waals surface area contributed by atoms with Crippen LogP contribution in [-0.4, -0.2) is 20.8 Å². The third kappa shape index (κ3) is 4.73. The molecule has 0 aliphatic heterocycles. The summed E-state index contributed by atoms with van der Waals surface area (Å²) >= 11 is 0. The highest BCUT2D eigenvalue weighted by Crippen LogP contribution is 2.35. The van der Waals surface area contributed by atoms with Crippen LogP contribution >= 0.6 is 0 Å². The fourth-order valence-electron chi connectivity index (χ4n) is 3.49. The van der Waals surface area contributed by atoms with Crippen molar-refractivity contribution in [1.29, 1.82) is 0 Å². The first-order chi connectivity index (χ1) is 15.6. The van der Waals surface area contributed by atoms with Gasteiger partial charge in [-0.05, 0) is 30.2 Å². The zero-order chi connectivity index (χ0) is 22.3. The summed E-state index contributed by atoms with van der Waals surface area (Å²) in [6.07, 6.45) is 5.00. The van der Waals surface area contributed by atoms with Gasteiger partial charge in [0.05, 0.1) is 5.69 Å². The molecule has 2 N–H and O–H groups in total. The second kappa shape index (κ2) is 9.71. The molecule has 4 aromatic rings. The molecule has 0 bridgehead atoms. The minimum atomic E-state index is 0.252. The fourth-order valence-corrected chi connectivity index (χ4v) is 3.49. The van der Waals surface area contributed by atoms with Crippen molar-refractivity contribution in [3.8, 4) is 16.9 Å². The Balaban J connectivity index is 1.75. The Morgan fingerprint density at radius 1 is 0.938 bits per heavy atom. The summed E-state index contributed by atoms with van der Waals surface area (Å²) in [5.41, 5.74) is 7.00. The van der Waals surface area contributed by atoms with Gasteiger partial charge in [-0.3, -0.25) is 4.99 Å². The van der Waals surface area contributed by atoms with Crippen molar-refractivity contribution in [1.82, 2.24) is 15.3 Å². The number of phenols is 1. The predicted octanol–water partition coefficient (Wildman–Crippen LogP) is 5.75. The Morgan fingerprint density at radius 3 is 2.41 bits per heavy atom. The summed E-state index contributed by atoms with van der Waals surface area (Å²) in [5, 5.41) is 13.5. The van der Waals surface area contributed by atoms with Crippen molar-refractivity contribution >= 4 is 17.1 Å². The maximum absolute atomic E-state index is 10.1. The highest BCUT2D eigenvalue weighted by molar-refractivity contribution is 6.01. The minimum Gasteiger partial charge on any atom is -0.508 e. The molecular formula is C27H24N4O. The smallest absolute Gasteiger partial charge is 0.120 e. The van der Waals surface area contributed by atoms with Crippen molar-refractivity contribution in [3.05, 3.63) is 115 Å². The normalized spacial score (nSPS) is 11.2. The number of aromatic nitrogens is 2. The number of hydrogen-bond acceptors (Lipinski definition) is 5. The predicted molar refractivity (Wildman–Crippen MR) is 130 cm³/mol. The summed E-state index contributed by atoms with van der Waals surface area (Å²) in [5.74, 6) is 0.252. The lowest BCUT2D eigenvalue weighted by molar-refractivity contribution is 0.467. The summed E-state index contributed by atoms with van der Waals surface area (Å²) in [4.78, 5) is 13.1. The lowest BCUT2D eigenvalue weighted by Gasteiger charge is -2.18. The number of para-hydroxylation sites is 1. The van der Waals surface area contributed by atoms with E-state index in [9.17, 15) is 5.11 Å². The molecule has 0 unspecified atom stereocenters. The number of aromatic hydroxyl groups is 1. The molecular weight excluding hydrogens is 396 g/mol. The summed E-state index contributed by atoms with van der Waals surface area (Å²) < 4.78 is 0. The lowest BCUT2D eigenvalue weighted by Crippen LogP contribution is -2.12. The van der Waals surface area contributed by atoms with Crippen molar-refractivity contribution in [3.63, 3.8) is 0 Å². The highest BCUT2D eigenvalue weighted by Gasteiger charge is 2.14. The van der Waals surface area contributed by atoms with Crippen LogP contribution in [0.1, 0.15) is 23.6 Å². The van der Waals surface area contributed by atoms with E-state index >= 15 is 0 Å². The molecule has 0 amide bonds. The molecule has 32 heavy (non-hydrogen) atoms. The van der Waals surface area contributed by atoms with Gasteiger partial charge in [0, 0.05) is 47.0 Å². The van der Waals surface area contributed by atoms with Crippen LogP contribution < -0.4 is 5.32 Å². The molecule has 158 valence electrons. The number of benzene rings is 3. The number of rotatable bonds is 7. The first kappa shape index (κ1) is 21.0. The maximum atomic E-state index is 10.1. The third-order valence-electron chi connectivity index (χ3n) is 5.18.